The van der Waals surface area contributed by atoms with Crippen LogP contribution in [0.2, 0.25) is 0 Å². The number of thiazole rings is 1. The highest BCUT2D eigenvalue weighted by atomic mass is 32.1. The quantitative estimate of drug-likeness (QED) is 0.551. The maximum absolute atomic E-state index is 12.5. The molecule has 1 N–H and O–H groups in total. The first-order valence-corrected chi connectivity index (χ1v) is 9.06. The number of carbonyl (C=O) groups is 1. The van der Waals surface area contributed by atoms with Gasteiger partial charge in [0.15, 0.2) is 5.13 Å². The minimum Gasteiger partial charge on any atom is -0.302 e. The van der Waals surface area contributed by atoms with Crippen molar-refractivity contribution in [2.45, 2.75) is 20.3 Å². The maximum atomic E-state index is 12.5. The zero-order valence-corrected chi connectivity index (χ0v) is 15.0. The molecule has 1 amide bonds. The monoisotopic (exact) mass is 346 g/mol. The summed E-state index contributed by atoms with van der Waals surface area (Å²) < 4.78 is 1.10. The molecule has 1 heterocycles. The highest BCUT2D eigenvalue weighted by Crippen LogP contribution is 2.28. The molecule has 4 rings (SSSR count). The van der Waals surface area contributed by atoms with E-state index in [2.05, 4.69) is 54.5 Å². The zero-order valence-electron chi connectivity index (χ0n) is 14.2. The number of nitrogens with zero attached hydrogens (tertiary/aromatic N) is 1. The lowest BCUT2D eigenvalue weighted by atomic mass is 10.0. The molecule has 25 heavy (non-hydrogen) atoms. The highest BCUT2D eigenvalue weighted by Gasteiger charge is 2.11. The van der Waals surface area contributed by atoms with E-state index in [0.717, 1.165) is 26.6 Å². The largest absolute Gasteiger partial charge is 0.302 e. The molecule has 1 aromatic heterocycles. The number of hydrogen-bond acceptors (Lipinski definition) is 3. The molecule has 0 radical (unpaired) electrons. The first-order valence-electron chi connectivity index (χ1n) is 8.24. The molecule has 0 saturated carbocycles. The second-order valence-electron chi connectivity index (χ2n) is 6.29. The Labute approximate surface area is 150 Å². The van der Waals surface area contributed by atoms with Gasteiger partial charge >= 0.3 is 0 Å². The van der Waals surface area contributed by atoms with Crippen molar-refractivity contribution >= 4 is 43.4 Å². The second kappa shape index (κ2) is 6.30. The number of carbonyl (C=O) groups excluding carboxylic acids is 1. The summed E-state index contributed by atoms with van der Waals surface area (Å²) in [7, 11) is 0. The predicted molar refractivity (Wildman–Crippen MR) is 105 cm³/mol. The molecule has 0 aliphatic rings. The summed E-state index contributed by atoms with van der Waals surface area (Å²) >= 11 is 1.52. The van der Waals surface area contributed by atoms with Crippen LogP contribution in [-0.2, 0) is 11.2 Å². The molecule has 0 aliphatic heterocycles. The van der Waals surface area contributed by atoms with Crippen LogP contribution in [0.1, 0.15) is 16.7 Å². The van der Waals surface area contributed by atoms with Gasteiger partial charge in [0.1, 0.15) is 0 Å². The Bertz CT molecular complexity index is 1050. The Morgan fingerprint density at radius 1 is 1.04 bits per heavy atom. The van der Waals surface area contributed by atoms with Crippen molar-refractivity contribution in [2.24, 2.45) is 0 Å². The van der Waals surface area contributed by atoms with Crippen molar-refractivity contribution in [2.75, 3.05) is 5.32 Å². The van der Waals surface area contributed by atoms with Crippen molar-refractivity contribution < 1.29 is 4.79 Å². The SMILES string of the molecule is Cc1cc2nc(NC(=O)Cc3cccc4ccccc34)sc2cc1C. The van der Waals surface area contributed by atoms with Crippen molar-refractivity contribution in [3.63, 3.8) is 0 Å². The Hall–Kier alpha value is -2.72. The molecular formula is C21H18N2OS. The number of fused-ring (bicyclic) bond motifs is 2. The third kappa shape index (κ3) is 3.13. The summed E-state index contributed by atoms with van der Waals surface area (Å²) in [5.74, 6) is -0.0381. The van der Waals surface area contributed by atoms with Gasteiger partial charge in [-0.25, -0.2) is 4.98 Å². The van der Waals surface area contributed by atoms with E-state index in [0.29, 0.717) is 11.6 Å². The minimum absolute atomic E-state index is 0.0381. The van der Waals surface area contributed by atoms with Gasteiger partial charge in [-0.05, 0) is 53.4 Å². The molecule has 4 heteroatoms. The van der Waals surface area contributed by atoms with Crippen LogP contribution in [-0.4, -0.2) is 10.9 Å². The van der Waals surface area contributed by atoms with Crippen LogP contribution < -0.4 is 5.32 Å². The van der Waals surface area contributed by atoms with E-state index in [1.54, 1.807) is 0 Å². The predicted octanol–water partition coefficient (Wildman–Crippen LogP) is 5.25. The lowest BCUT2D eigenvalue weighted by Gasteiger charge is -2.06. The van der Waals surface area contributed by atoms with Crippen molar-refractivity contribution in [3.05, 3.63) is 71.3 Å². The smallest absolute Gasteiger partial charge is 0.230 e. The molecule has 3 aromatic carbocycles. The van der Waals surface area contributed by atoms with Crippen LogP contribution >= 0.6 is 11.3 Å². The van der Waals surface area contributed by atoms with E-state index in [9.17, 15) is 4.79 Å². The van der Waals surface area contributed by atoms with Crippen LogP contribution in [0.15, 0.2) is 54.6 Å². The fourth-order valence-corrected chi connectivity index (χ4v) is 3.98. The Balaban J connectivity index is 1.57. The number of hydrogen-bond donors (Lipinski definition) is 1. The van der Waals surface area contributed by atoms with E-state index in [1.165, 1.54) is 22.5 Å². The number of amides is 1. The zero-order chi connectivity index (χ0) is 17.4. The van der Waals surface area contributed by atoms with Crippen LogP contribution in [0.4, 0.5) is 5.13 Å². The molecular weight excluding hydrogens is 328 g/mol. The van der Waals surface area contributed by atoms with E-state index in [-0.39, 0.29) is 5.91 Å². The van der Waals surface area contributed by atoms with Gasteiger partial charge in [-0.3, -0.25) is 4.79 Å². The van der Waals surface area contributed by atoms with E-state index in [4.69, 9.17) is 0 Å². The fourth-order valence-electron chi connectivity index (χ4n) is 3.02. The molecule has 0 atom stereocenters. The minimum atomic E-state index is -0.0381. The summed E-state index contributed by atoms with van der Waals surface area (Å²) in [5, 5.41) is 5.88. The van der Waals surface area contributed by atoms with Gasteiger partial charge in [-0.2, -0.15) is 0 Å². The summed E-state index contributed by atoms with van der Waals surface area (Å²) in [6, 6.07) is 18.4. The van der Waals surface area contributed by atoms with Crippen LogP contribution in [0.3, 0.4) is 0 Å². The van der Waals surface area contributed by atoms with Gasteiger partial charge < -0.3 is 5.32 Å². The molecule has 0 spiro atoms. The Morgan fingerprint density at radius 2 is 1.80 bits per heavy atom. The van der Waals surface area contributed by atoms with E-state index < -0.39 is 0 Å². The molecule has 0 bridgehead atoms. The van der Waals surface area contributed by atoms with E-state index >= 15 is 0 Å². The van der Waals surface area contributed by atoms with E-state index in [1.807, 2.05) is 24.3 Å². The third-order valence-corrected chi connectivity index (χ3v) is 5.41. The number of benzene rings is 3. The van der Waals surface area contributed by atoms with Gasteiger partial charge in [0, 0.05) is 0 Å². The summed E-state index contributed by atoms with van der Waals surface area (Å²) in [6.45, 7) is 4.17. The normalized spacial score (nSPS) is 11.1. The highest BCUT2D eigenvalue weighted by molar-refractivity contribution is 7.22. The number of anilines is 1. The third-order valence-electron chi connectivity index (χ3n) is 4.48. The lowest BCUT2D eigenvalue weighted by Crippen LogP contribution is -2.14. The average Bonchev–Trinajstić information content (AvgIpc) is 2.96. The number of aryl methyl sites for hydroxylation is 2. The van der Waals surface area contributed by atoms with Crippen LogP contribution in [0.25, 0.3) is 21.0 Å². The molecule has 0 aliphatic carbocycles. The summed E-state index contributed by atoms with van der Waals surface area (Å²) in [6.07, 6.45) is 0.343. The van der Waals surface area contributed by atoms with Gasteiger partial charge in [-0.1, -0.05) is 53.8 Å². The summed E-state index contributed by atoms with van der Waals surface area (Å²) in [5.41, 5.74) is 4.42. The van der Waals surface area contributed by atoms with Crippen molar-refractivity contribution in [1.29, 1.82) is 0 Å². The number of aromatic nitrogens is 1. The second-order valence-corrected chi connectivity index (χ2v) is 7.32. The summed E-state index contributed by atoms with van der Waals surface area (Å²) in [4.78, 5) is 17.0. The first kappa shape index (κ1) is 15.8. The van der Waals surface area contributed by atoms with Gasteiger partial charge in [0.2, 0.25) is 5.91 Å². The Morgan fingerprint density at radius 3 is 2.68 bits per heavy atom. The maximum Gasteiger partial charge on any atom is 0.230 e. The molecule has 124 valence electrons. The van der Waals surface area contributed by atoms with Crippen LogP contribution in [0.5, 0.6) is 0 Å². The molecule has 0 saturated heterocycles. The first-order chi connectivity index (χ1) is 12.1. The topological polar surface area (TPSA) is 42.0 Å². The van der Waals surface area contributed by atoms with Crippen LogP contribution in [0, 0.1) is 13.8 Å². The van der Waals surface area contributed by atoms with Gasteiger partial charge in [-0.15, -0.1) is 0 Å². The number of nitrogens with one attached hydrogen (secondary N) is 1. The van der Waals surface area contributed by atoms with Crippen molar-refractivity contribution in [3.8, 4) is 0 Å². The molecule has 0 unspecified atom stereocenters. The molecule has 0 fully saturated rings. The fraction of sp³-hybridized carbons (Fsp3) is 0.143. The Kier molecular flexibility index (Phi) is 3.98. The van der Waals surface area contributed by atoms with Crippen molar-refractivity contribution in [1.82, 2.24) is 4.98 Å². The van der Waals surface area contributed by atoms with Gasteiger partial charge in [0.05, 0.1) is 16.6 Å². The lowest BCUT2D eigenvalue weighted by molar-refractivity contribution is -0.115. The number of rotatable bonds is 3. The standard InChI is InChI=1S/C21H18N2OS/c1-13-10-18-19(11-14(13)2)25-21(22-18)23-20(24)12-16-8-5-7-15-6-3-4-9-17(15)16/h3-11H,12H2,1-2H3,(H,22,23,24). The van der Waals surface area contributed by atoms with Gasteiger partial charge in [0.25, 0.3) is 0 Å². The average molecular weight is 346 g/mol. The molecule has 4 aromatic rings. The molecule has 3 nitrogen and oxygen atoms in total.